The molecule has 4 heteroatoms. The van der Waals surface area contributed by atoms with E-state index >= 15 is 0 Å². The minimum absolute atomic E-state index is 0.855. The van der Waals surface area contributed by atoms with Crippen LogP contribution in [0.5, 0.6) is 0 Å². The zero-order chi connectivity index (χ0) is 13.7. The number of aryl methyl sites for hydroxylation is 1. The molecule has 4 nitrogen and oxygen atoms in total. The van der Waals surface area contributed by atoms with Crippen molar-refractivity contribution in [1.29, 1.82) is 0 Å². The molecule has 0 bridgehead atoms. The average molecular weight is 256 g/mol. The summed E-state index contributed by atoms with van der Waals surface area (Å²) in [5.41, 5.74) is 3.22. The smallest absolute Gasteiger partial charge is 0.155 e. The van der Waals surface area contributed by atoms with Gasteiger partial charge in [-0.1, -0.05) is 19.4 Å². The van der Waals surface area contributed by atoms with Crippen LogP contribution in [0.15, 0.2) is 36.4 Å². The average Bonchev–Trinajstić information content (AvgIpc) is 2.48. The van der Waals surface area contributed by atoms with Crippen LogP contribution in [0.1, 0.15) is 19.0 Å². The first-order valence-electron chi connectivity index (χ1n) is 6.58. The quantitative estimate of drug-likeness (QED) is 0.891. The number of nitrogens with one attached hydrogen (secondary N) is 1. The van der Waals surface area contributed by atoms with Crippen molar-refractivity contribution >= 4 is 17.2 Å². The van der Waals surface area contributed by atoms with Crippen molar-refractivity contribution in [3.05, 3.63) is 42.1 Å². The molecule has 0 atom stereocenters. The number of hydrogen-bond acceptors (Lipinski definition) is 4. The van der Waals surface area contributed by atoms with Crippen LogP contribution in [0.2, 0.25) is 0 Å². The predicted molar refractivity (Wildman–Crippen MR) is 80.1 cm³/mol. The predicted octanol–water partition coefficient (Wildman–Crippen LogP) is 3.24. The second-order valence-corrected chi connectivity index (χ2v) is 4.49. The molecule has 1 N–H and O–H groups in total. The van der Waals surface area contributed by atoms with Crippen molar-refractivity contribution in [1.82, 2.24) is 10.2 Å². The Morgan fingerprint density at radius 1 is 1.16 bits per heavy atom. The summed E-state index contributed by atoms with van der Waals surface area (Å²) in [6.45, 7) is 2.14. The number of benzene rings is 1. The molecular formula is C15H20N4. The lowest BCUT2D eigenvalue weighted by molar-refractivity contribution is 0.834. The third kappa shape index (κ3) is 3.22. The molecule has 100 valence electrons. The van der Waals surface area contributed by atoms with Crippen LogP contribution in [0.25, 0.3) is 0 Å². The summed E-state index contributed by atoms with van der Waals surface area (Å²) in [4.78, 5) is 2.03. The van der Waals surface area contributed by atoms with Crippen LogP contribution in [-0.2, 0) is 6.42 Å². The number of aromatic nitrogens is 2. The van der Waals surface area contributed by atoms with Gasteiger partial charge in [-0.05, 0) is 36.8 Å². The molecule has 2 aromatic rings. The largest absolute Gasteiger partial charge is 0.388 e. The van der Waals surface area contributed by atoms with Crippen molar-refractivity contribution in [2.24, 2.45) is 0 Å². The summed E-state index contributed by atoms with van der Waals surface area (Å²) in [6.07, 6.45) is 2.07. The zero-order valence-electron chi connectivity index (χ0n) is 11.7. The molecule has 0 spiro atoms. The van der Waals surface area contributed by atoms with Crippen molar-refractivity contribution < 1.29 is 0 Å². The van der Waals surface area contributed by atoms with E-state index in [4.69, 9.17) is 0 Å². The first-order valence-corrected chi connectivity index (χ1v) is 6.58. The maximum absolute atomic E-state index is 4.28. The second kappa shape index (κ2) is 6.18. The van der Waals surface area contributed by atoms with E-state index in [9.17, 15) is 0 Å². The van der Waals surface area contributed by atoms with E-state index in [1.165, 1.54) is 0 Å². The number of anilines is 3. The Hall–Kier alpha value is -2.10. The third-order valence-electron chi connectivity index (χ3n) is 3.08. The summed E-state index contributed by atoms with van der Waals surface area (Å²) in [5, 5.41) is 11.7. The van der Waals surface area contributed by atoms with Crippen LogP contribution >= 0.6 is 0 Å². The molecule has 1 aromatic carbocycles. The zero-order valence-corrected chi connectivity index (χ0v) is 11.7. The van der Waals surface area contributed by atoms with Crippen molar-refractivity contribution in [2.75, 3.05) is 24.3 Å². The highest BCUT2D eigenvalue weighted by Crippen LogP contribution is 2.23. The lowest BCUT2D eigenvalue weighted by atomic mass is 10.2. The van der Waals surface area contributed by atoms with Gasteiger partial charge in [0.15, 0.2) is 5.82 Å². The molecular weight excluding hydrogens is 236 g/mol. The number of rotatable bonds is 5. The van der Waals surface area contributed by atoms with Gasteiger partial charge in [-0.3, -0.25) is 0 Å². The Morgan fingerprint density at radius 3 is 2.63 bits per heavy atom. The van der Waals surface area contributed by atoms with E-state index in [-0.39, 0.29) is 0 Å². The highest BCUT2D eigenvalue weighted by atomic mass is 15.2. The Labute approximate surface area is 114 Å². The van der Waals surface area contributed by atoms with Gasteiger partial charge >= 0.3 is 0 Å². The maximum atomic E-state index is 4.28. The normalized spacial score (nSPS) is 10.3. The molecule has 1 heterocycles. The third-order valence-corrected chi connectivity index (χ3v) is 3.08. The van der Waals surface area contributed by atoms with Gasteiger partial charge in [0, 0.05) is 25.5 Å². The van der Waals surface area contributed by atoms with Gasteiger partial charge in [0.1, 0.15) is 0 Å². The van der Waals surface area contributed by atoms with Crippen LogP contribution < -0.4 is 10.2 Å². The summed E-state index contributed by atoms with van der Waals surface area (Å²) in [5.74, 6) is 0.855. The Morgan fingerprint density at radius 2 is 2.00 bits per heavy atom. The molecule has 0 fully saturated rings. The summed E-state index contributed by atoms with van der Waals surface area (Å²) in [6, 6.07) is 12.3. The van der Waals surface area contributed by atoms with Crippen LogP contribution in [-0.4, -0.2) is 24.3 Å². The highest BCUT2D eigenvalue weighted by molar-refractivity contribution is 5.64. The second-order valence-electron chi connectivity index (χ2n) is 4.49. The van der Waals surface area contributed by atoms with Gasteiger partial charge < -0.3 is 10.2 Å². The van der Waals surface area contributed by atoms with Crippen LogP contribution in [0.4, 0.5) is 17.2 Å². The van der Waals surface area contributed by atoms with Gasteiger partial charge in [0.25, 0.3) is 0 Å². The lowest BCUT2D eigenvalue weighted by Gasteiger charge is -2.18. The molecule has 0 unspecified atom stereocenters. The number of nitrogens with zero attached hydrogens (tertiary/aromatic N) is 3. The monoisotopic (exact) mass is 256 g/mol. The minimum atomic E-state index is 0.855. The maximum Gasteiger partial charge on any atom is 0.155 e. The van der Waals surface area contributed by atoms with Crippen molar-refractivity contribution in [3.63, 3.8) is 0 Å². The fourth-order valence-corrected chi connectivity index (χ4v) is 1.92. The topological polar surface area (TPSA) is 41.0 Å². The Kier molecular flexibility index (Phi) is 4.34. The van der Waals surface area contributed by atoms with Gasteiger partial charge in [-0.15, -0.1) is 5.10 Å². The van der Waals surface area contributed by atoms with E-state index in [0.717, 1.165) is 35.7 Å². The van der Waals surface area contributed by atoms with Gasteiger partial charge in [-0.2, -0.15) is 5.10 Å². The Balaban J connectivity index is 2.20. The number of hydrogen-bond donors (Lipinski definition) is 1. The molecule has 0 aliphatic rings. The first kappa shape index (κ1) is 13.3. The highest BCUT2D eigenvalue weighted by Gasteiger charge is 2.06. The first-order chi connectivity index (χ1) is 9.24. The summed E-state index contributed by atoms with van der Waals surface area (Å²) >= 11 is 0. The van der Waals surface area contributed by atoms with E-state index in [1.54, 1.807) is 0 Å². The van der Waals surface area contributed by atoms with Crippen molar-refractivity contribution in [3.8, 4) is 0 Å². The van der Waals surface area contributed by atoms with Crippen molar-refractivity contribution in [2.45, 2.75) is 19.8 Å². The van der Waals surface area contributed by atoms with E-state index in [1.807, 2.05) is 43.3 Å². The molecule has 19 heavy (non-hydrogen) atoms. The lowest BCUT2D eigenvalue weighted by Crippen LogP contribution is -2.12. The van der Waals surface area contributed by atoms with E-state index in [2.05, 4.69) is 34.6 Å². The van der Waals surface area contributed by atoms with Gasteiger partial charge in [-0.25, -0.2) is 0 Å². The molecule has 0 saturated heterocycles. The van der Waals surface area contributed by atoms with Gasteiger partial charge in [0.05, 0.1) is 5.69 Å². The fraction of sp³-hybridized carbons (Fsp3) is 0.333. The molecule has 1 aromatic heterocycles. The van der Waals surface area contributed by atoms with Gasteiger partial charge in [0.2, 0.25) is 0 Å². The van der Waals surface area contributed by atoms with Crippen LogP contribution in [0.3, 0.4) is 0 Å². The van der Waals surface area contributed by atoms with E-state index in [0.29, 0.717) is 0 Å². The Bertz CT molecular complexity index is 522. The fourth-order valence-electron chi connectivity index (χ4n) is 1.92. The standard InChI is InChI=1S/C15H20N4/c1-4-6-12-9-10-15(18-17-12)19(3)14-8-5-7-13(11-14)16-2/h5,7-11,16H,4,6H2,1-3H3. The summed E-state index contributed by atoms with van der Waals surface area (Å²) in [7, 11) is 3.91. The molecule has 0 aliphatic carbocycles. The molecule has 0 saturated carbocycles. The molecule has 0 radical (unpaired) electrons. The molecule has 2 rings (SSSR count). The van der Waals surface area contributed by atoms with Crippen LogP contribution in [0, 0.1) is 0 Å². The molecule has 0 aliphatic heterocycles. The SMILES string of the molecule is CCCc1ccc(N(C)c2cccc(NC)c2)nn1. The minimum Gasteiger partial charge on any atom is -0.388 e. The summed E-state index contributed by atoms with van der Waals surface area (Å²) < 4.78 is 0. The van der Waals surface area contributed by atoms with E-state index < -0.39 is 0 Å². The molecule has 0 amide bonds.